The van der Waals surface area contributed by atoms with Crippen LogP contribution >= 0.6 is 0 Å². The third-order valence-corrected chi connectivity index (χ3v) is 3.91. The summed E-state index contributed by atoms with van der Waals surface area (Å²) in [6, 6.07) is 3.64. The Bertz CT molecular complexity index is 429. The number of rotatable bonds is 6. The molecule has 0 bridgehead atoms. The lowest BCUT2D eigenvalue weighted by molar-refractivity contribution is 0.0779. The maximum Gasteiger partial charge on any atom is 0.253 e. The zero-order valence-corrected chi connectivity index (χ0v) is 11.6. The zero-order valence-electron chi connectivity index (χ0n) is 11.6. The average molecular weight is 261 g/mol. The van der Waals surface area contributed by atoms with E-state index in [2.05, 4.69) is 4.98 Å². The Morgan fingerprint density at radius 1 is 1.53 bits per heavy atom. The molecular weight excluding hydrogens is 238 g/mol. The average Bonchev–Trinajstić information content (AvgIpc) is 2.36. The number of nitrogens with two attached hydrogens (primary N) is 1. The van der Waals surface area contributed by atoms with Gasteiger partial charge in [-0.15, -0.1) is 0 Å². The minimum absolute atomic E-state index is 0.0833. The number of hydrogen-bond acceptors (Lipinski definition) is 3. The van der Waals surface area contributed by atoms with Crippen LogP contribution in [0.1, 0.15) is 41.7 Å². The van der Waals surface area contributed by atoms with Gasteiger partial charge in [0.2, 0.25) is 0 Å². The molecule has 104 valence electrons. The fourth-order valence-electron chi connectivity index (χ4n) is 2.38. The molecule has 0 unspecified atom stereocenters. The van der Waals surface area contributed by atoms with Crippen molar-refractivity contribution < 1.29 is 4.79 Å². The Balaban J connectivity index is 1.91. The fourth-order valence-corrected chi connectivity index (χ4v) is 2.38. The standard InChI is InChI=1S/C15H23N3O/c1-18(10-7-12-3-2-4-12)15(19)13-6-9-17-14(11-13)5-8-16/h6,9,11-12H,2-5,7-8,10,16H2,1H3. The van der Waals surface area contributed by atoms with Crippen molar-refractivity contribution in [3.8, 4) is 0 Å². The normalized spacial score (nSPS) is 15.1. The molecule has 19 heavy (non-hydrogen) atoms. The first-order valence-electron chi connectivity index (χ1n) is 7.11. The minimum atomic E-state index is 0.0833. The SMILES string of the molecule is CN(CCC1CCC1)C(=O)c1ccnc(CCN)c1. The summed E-state index contributed by atoms with van der Waals surface area (Å²) >= 11 is 0. The molecule has 4 heteroatoms. The van der Waals surface area contributed by atoms with Crippen LogP contribution in [0, 0.1) is 5.92 Å². The Morgan fingerprint density at radius 2 is 2.32 bits per heavy atom. The lowest BCUT2D eigenvalue weighted by atomic mass is 9.83. The van der Waals surface area contributed by atoms with Gasteiger partial charge in [-0.2, -0.15) is 0 Å². The van der Waals surface area contributed by atoms with Crippen LogP contribution in [0.3, 0.4) is 0 Å². The number of hydrogen-bond donors (Lipinski definition) is 1. The van der Waals surface area contributed by atoms with Gasteiger partial charge in [0.1, 0.15) is 0 Å². The molecule has 0 aromatic carbocycles. The van der Waals surface area contributed by atoms with Gasteiger partial charge in [0, 0.05) is 37.5 Å². The summed E-state index contributed by atoms with van der Waals surface area (Å²) in [6.45, 7) is 1.40. The molecular formula is C15H23N3O. The summed E-state index contributed by atoms with van der Waals surface area (Å²) in [7, 11) is 1.88. The molecule has 0 saturated heterocycles. The molecule has 1 aliphatic carbocycles. The molecule has 1 aromatic rings. The number of carbonyl (C=O) groups is 1. The van der Waals surface area contributed by atoms with E-state index >= 15 is 0 Å². The predicted octanol–water partition coefficient (Wildman–Crippen LogP) is 1.84. The molecule has 2 N–H and O–H groups in total. The molecule has 1 aliphatic rings. The number of nitrogens with zero attached hydrogens (tertiary/aromatic N) is 2. The molecule has 2 rings (SSSR count). The summed E-state index contributed by atoms with van der Waals surface area (Å²) in [5.74, 6) is 0.917. The highest BCUT2D eigenvalue weighted by molar-refractivity contribution is 5.94. The van der Waals surface area contributed by atoms with Crippen molar-refractivity contribution in [1.29, 1.82) is 0 Å². The largest absolute Gasteiger partial charge is 0.342 e. The second kappa shape index (κ2) is 6.66. The minimum Gasteiger partial charge on any atom is -0.342 e. The van der Waals surface area contributed by atoms with Crippen molar-refractivity contribution in [3.05, 3.63) is 29.6 Å². The van der Waals surface area contributed by atoms with E-state index in [0.29, 0.717) is 13.0 Å². The van der Waals surface area contributed by atoms with Gasteiger partial charge in [-0.05, 0) is 31.0 Å². The topological polar surface area (TPSA) is 59.2 Å². The molecule has 1 heterocycles. The van der Waals surface area contributed by atoms with Gasteiger partial charge in [-0.25, -0.2) is 0 Å². The first-order valence-corrected chi connectivity index (χ1v) is 7.11. The Kier molecular flexibility index (Phi) is 4.91. The van der Waals surface area contributed by atoms with Gasteiger partial charge in [0.15, 0.2) is 0 Å². The van der Waals surface area contributed by atoms with Crippen molar-refractivity contribution in [2.75, 3.05) is 20.1 Å². The predicted molar refractivity (Wildman–Crippen MR) is 75.9 cm³/mol. The molecule has 1 aromatic heterocycles. The summed E-state index contributed by atoms with van der Waals surface area (Å²) in [4.78, 5) is 18.3. The number of amides is 1. The highest BCUT2D eigenvalue weighted by Gasteiger charge is 2.19. The van der Waals surface area contributed by atoms with Gasteiger partial charge in [0.25, 0.3) is 5.91 Å². The van der Waals surface area contributed by atoms with Gasteiger partial charge < -0.3 is 10.6 Å². The van der Waals surface area contributed by atoms with Crippen LogP contribution in [0.4, 0.5) is 0 Å². The molecule has 1 saturated carbocycles. The fraction of sp³-hybridized carbons (Fsp3) is 0.600. The first-order chi connectivity index (χ1) is 9.20. The summed E-state index contributed by atoms with van der Waals surface area (Å²) in [5.41, 5.74) is 7.12. The second-order valence-electron chi connectivity index (χ2n) is 5.39. The van der Waals surface area contributed by atoms with Gasteiger partial charge >= 0.3 is 0 Å². The van der Waals surface area contributed by atoms with E-state index in [9.17, 15) is 4.79 Å². The summed E-state index contributed by atoms with van der Waals surface area (Å²) < 4.78 is 0. The number of carbonyl (C=O) groups excluding carboxylic acids is 1. The van der Waals surface area contributed by atoms with E-state index in [1.54, 1.807) is 12.3 Å². The van der Waals surface area contributed by atoms with Crippen molar-refractivity contribution >= 4 is 5.91 Å². The first kappa shape index (κ1) is 14.0. The maximum absolute atomic E-state index is 12.3. The van der Waals surface area contributed by atoms with Crippen molar-refractivity contribution in [3.63, 3.8) is 0 Å². The van der Waals surface area contributed by atoms with E-state index < -0.39 is 0 Å². The highest BCUT2D eigenvalue weighted by atomic mass is 16.2. The molecule has 0 aliphatic heterocycles. The van der Waals surface area contributed by atoms with Gasteiger partial charge in [-0.3, -0.25) is 9.78 Å². The van der Waals surface area contributed by atoms with E-state index in [-0.39, 0.29) is 5.91 Å². The van der Waals surface area contributed by atoms with Crippen LogP contribution in [0.25, 0.3) is 0 Å². The smallest absolute Gasteiger partial charge is 0.253 e. The summed E-state index contributed by atoms with van der Waals surface area (Å²) in [5, 5.41) is 0. The monoisotopic (exact) mass is 261 g/mol. The van der Waals surface area contributed by atoms with E-state index in [0.717, 1.165) is 30.1 Å². The van der Waals surface area contributed by atoms with E-state index in [4.69, 9.17) is 5.73 Å². The van der Waals surface area contributed by atoms with Crippen molar-refractivity contribution in [2.24, 2.45) is 11.7 Å². The van der Waals surface area contributed by atoms with Crippen LogP contribution < -0.4 is 5.73 Å². The Hall–Kier alpha value is -1.42. The highest BCUT2D eigenvalue weighted by Crippen LogP contribution is 2.29. The molecule has 0 radical (unpaired) electrons. The molecule has 0 spiro atoms. The Morgan fingerprint density at radius 3 is 2.95 bits per heavy atom. The van der Waals surface area contributed by atoms with Gasteiger partial charge in [-0.1, -0.05) is 19.3 Å². The number of pyridine rings is 1. The third-order valence-electron chi connectivity index (χ3n) is 3.91. The lowest BCUT2D eigenvalue weighted by Gasteiger charge is -2.27. The zero-order chi connectivity index (χ0) is 13.7. The third kappa shape index (κ3) is 3.77. The van der Waals surface area contributed by atoms with Crippen molar-refractivity contribution in [1.82, 2.24) is 9.88 Å². The molecule has 1 amide bonds. The molecule has 1 fully saturated rings. The van der Waals surface area contributed by atoms with Crippen LogP contribution in [0.15, 0.2) is 18.3 Å². The Labute approximate surface area is 115 Å². The van der Waals surface area contributed by atoms with E-state index in [1.807, 2.05) is 18.0 Å². The number of aromatic nitrogens is 1. The van der Waals surface area contributed by atoms with Crippen LogP contribution in [0.5, 0.6) is 0 Å². The van der Waals surface area contributed by atoms with Crippen LogP contribution in [-0.2, 0) is 6.42 Å². The van der Waals surface area contributed by atoms with Crippen molar-refractivity contribution in [2.45, 2.75) is 32.1 Å². The summed E-state index contributed by atoms with van der Waals surface area (Å²) in [6.07, 6.45) is 7.55. The van der Waals surface area contributed by atoms with Gasteiger partial charge in [0.05, 0.1) is 0 Å². The lowest BCUT2D eigenvalue weighted by Crippen LogP contribution is -2.30. The molecule has 0 atom stereocenters. The van der Waals surface area contributed by atoms with E-state index in [1.165, 1.54) is 19.3 Å². The molecule has 4 nitrogen and oxygen atoms in total. The quantitative estimate of drug-likeness (QED) is 0.850. The maximum atomic E-state index is 12.3. The second-order valence-corrected chi connectivity index (χ2v) is 5.39. The van der Waals surface area contributed by atoms with Crippen LogP contribution in [-0.4, -0.2) is 35.9 Å². The van der Waals surface area contributed by atoms with Crippen LogP contribution in [0.2, 0.25) is 0 Å².